The fraction of sp³-hybridized carbons (Fsp3) is 0.778. The lowest BCUT2D eigenvalue weighted by Crippen LogP contribution is -1.92. The zero-order valence-electron chi connectivity index (χ0n) is 6.73. The van der Waals surface area contributed by atoms with E-state index in [1.54, 1.807) is 5.57 Å². The molecule has 0 aromatic heterocycles. The smallest absolute Gasteiger partial charge is 0.00330 e. The molecule has 1 aliphatic rings. The molecule has 10 heavy (non-hydrogen) atoms. The van der Waals surface area contributed by atoms with E-state index in [0.717, 1.165) is 0 Å². The van der Waals surface area contributed by atoms with Crippen LogP contribution in [0.15, 0.2) is 11.6 Å². The van der Waals surface area contributed by atoms with Crippen molar-refractivity contribution in [3.8, 4) is 0 Å². The van der Waals surface area contributed by atoms with Crippen LogP contribution in [0.5, 0.6) is 0 Å². The van der Waals surface area contributed by atoms with Crippen molar-refractivity contribution in [2.45, 2.75) is 32.1 Å². The molecule has 0 nitrogen and oxygen atoms in total. The van der Waals surface area contributed by atoms with Gasteiger partial charge in [-0.1, -0.05) is 11.6 Å². The van der Waals surface area contributed by atoms with Crippen LogP contribution in [0.2, 0.25) is 0 Å². The Balaban J connectivity index is 2.18. The molecule has 0 saturated heterocycles. The van der Waals surface area contributed by atoms with E-state index in [9.17, 15) is 0 Å². The molecule has 1 rings (SSSR count). The van der Waals surface area contributed by atoms with Gasteiger partial charge in [0.2, 0.25) is 0 Å². The molecular weight excluding hydrogens is 140 g/mol. The lowest BCUT2D eigenvalue weighted by atomic mass is 9.98. The highest BCUT2D eigenvalue weighted by molar-refractivity contribution is 7.98. The SMILES string of the molecule is CSCCC1=CCCCC1. The van der Waals surface area contributed by atoms with Crippen molar-refractivity contribution in [1.82, 2.24) is 0 Å². The van der Waals surface area contributed by atoms with Gasteiger partial charge < -0.3 is 0 Å². The Morgan fingerprint density at radius 1 is 1.50 bits per heavy atom. The Bertz CT molecular complexity index is 116. The van der Waals surface area contributed by atoms with Gasteiger partial charge in [-0.05, 0) is 44.1 Å². The molecule has 0 amide bonds. The summed E-state index contributed by atoms with van der Waals surface area (Å²) in [6, 6.07) is 0. The first-order valence-corrected chi connectivity index (χ1v) is 5.49. The number of rotatable bonds is 3. The second-order valence-corrected chi connectivity index (χ2v) is 3.84. The summed E-state index contributed by atoms with van der Waals surface area (Å²) >= 11 is 1.95. The topological polar surface area (TPSA) is 0 Å². The summed E-state index contributed by atoms with van der Waals surface area (Å²) in [5.41, 5.74) is 1.71. The largest absolute Gasteiger partial charge is 0.165 e. The van der Waals surface area contributed by atoms with Crippen molar-refractivity contribution in [1.29, 1.82) is 0 Å². The molecule has 0 spiro atoms. The Kier molecular flexibility index (Phi) is 3.96. The zero-order chi connectivity index (χ0) is 7.23. The molecule has 0 aromatic carbocycles. The number of allylic oxidation sites excluding steroid dienone is 2. The predicted octanol–water partition coefficient (Wildman–Crippen LogP) is 3.24. The first-order valence-electron chi connectivity index (χ1n) is 4.10. The fourth-order valence-electron chi connectivity index (χ4n) is 1.36. The van der Waals surface area contributed by atoms with Gasteiger partial charge in [0.25, 0.3) is 0 Å². The molecule has 0 aliphatic heterocycles. The Morgan fingerprint density at radius 3 is 3.00 bits per heavy atom. The minimum atomic E-state index is 1.31. The fourth-order valence-corrected chi connectivity index (χ4v) is 1.83. The van der Waals surface area contributed by atoms with Crippen LogP contribution in [0.1, 0.15) is 32.1 Å². The van der Waals surface area contributed by atoms with Crippen LogP contribution >= 0.6 is 11.8 Å². The number of hydrogen-bond acceptors (Lipinski definition) is 1. The van der Waals surface area contributed by atoms with Crippen molar-refractivity contribution < 1.29 is 0 Å². The molecule has 0 aromatic rings. The van der Waals surface area contributed by atoms with Crippen molar-refractivity contribution in [3.05, 3.63) is 11.6 Å². The Hall–Kier alpha value is 0.0900. The maximum Gasteiger partial charge on any atom is -0.00330 e. The molecule has 0 N–H and O–H groups in total. The highest BCUT2D eigenvalue weighted by atomic mass is 32.2. The summed E-state index contributed by atoms with van der Waals surface area (Å²) in [6.45, 7) is 0. The summed E-state index contributed by atoms with van der Waals surface area (Å²) in [4.78, 5) is 0. The molecule has 0 radical (unpaired) electrons. The third kappa shape index (κ3) is 2.78. The third-order valence-corrected chi connectivity index (χ3v) is 2.62. The standard InChI is InChI=1S/C9H16S/c1-10-8-7-9-5-3-2-4-6-9/h5H,2-4,6-8H2,1H3. The van der Waals surface area contributed by atoms with E-state index in [4.69, 9.17) is 0 Å². The van der Waals surface area contributed by atoms with Gasteiger partial charge in [-0.3, -0.25) is 0 Å². The lowest BCUT2D eigenvalue weighted by Gasteiger charge is -2.11. The molecule has 0 bridgehead atoms. The van der Waals surface area contributed by atoms with Gasteiger partial charge in [0.1, 0.15) is 0 Å². The van der Waals surface area contributed by atoms with Gasteiger partial charge in [-0.15, -0.1) is 0 Å². The minimum Gasteiger partial charge on any atom is -0.165 e. The predicted molar refractivity (Wildman–Crippen MR) is 49.6 cm³/mol. The van der Waals surface area contributed by atoms with Crippen LogP contribution in [0, 0.1) is 0 Å². The van der Waals surface area contributed by atoms with E-state index < -0.39 is 0 Å². The number of hydrogen-bond donors (Lipinski definition) is 0. The van der Waals surface area contributed by atoms with Gasteiger partial charge in [-0.2, -0.15) is 11.8 Å². The van der Waals surface area contributed by atoms with Crippen molar-refractivity contribution >= 4 is 11.8 Å². The average molecular weight is 156 g/mol. The van der Waals surface area contributed by atoms with E-state index in [0.29, 0.717) is 0 Å². The first kappa shape index (κ1) is 8.19. The van der Waals surface area contributed by atoms with E-state index >= 15 is 0 Å². The second kappa shape index (κ2) is 4.84. The average Bonchev–Trinajstić information content (AvgIpc) is 2.03. The van der Waals surface area contributed by atoms with Crippen LogP contribution in [0.4, 0.5) is 0 Å². The maximum atomic E-state index is 2.44. The van der Waals surface area contributed by atoms with E-state index in [1.807, 2.05) is 11.8 Å². The highest BCUT2D eigenvalue weighted by Crippen LogP contribution is 2.20. The van der Waals surface area contributed by atoms with Crippen molar-refractivity contribution in [3.63, 3.8) is 0 Å². The van der Waals surface area contributed by atoms with Crippen LogP contribution in [-0.2, 0) is 0 Å². The van der Waals surface area contributed by atoms with Gasteiger partial charge in [-0.25, -0.2) is 0 Å². The van der Waals surface area contributed by atoms with Gasteiger partial charge in [0, 0.05) is 0 Å². The van der Waals surface area contributed by atoms with Gasteiger partial charge in [0.15, 0.2) is 0 Å². The summed E-state index contributed by atoms with van der Waals surface area (Å²) < 4.78 is 0. The zero-order valence-corrected chi connectivity index (χ0v) is 7.54. The van der Waals surface area contributed by atoms with Crippen LogP contribution in [0.3, 0.4) is 0 Å². The molecule has 1 aliphatic carbocycles. The summed E-state index contributed by atoms with van der Waals surface area (Å²) in [6.07, 6.45) is 11.5. The van der Waals surface area contributed by atoms with Crippen LogP contribution < -0.4 is 0 Å². The van der Waals surface area contributed by atoms with Gasteiger partial charge >= 0.3 is 0 Å². The third-order valence-electron chi connectivity index (χ3n) is 2.01. The number of thioether (sulfide) groups is 1. The highest BCUT2D eigenvalue weighted by Gasteiger charge is 2.01. The molecule has 58 valence electrons. The summed E-state index contributed by atoms with van der Waals surface area (Å²) in [5.74, 6) is 1.31. The normalized spacial score (nSPS) is 18.7. The van der Waals surface area contributed by atoms with Crippen LogP contribution in [0.25, 0.3) is 0 Å². The summed E-state index contributed by atoms with van der Waals surface area (Å²) in [5, 5.41) is 0. The maximum absolute atomic E-state index is 2.44. The van der Waals surface area contributed by atoms with E-state index in [1.165, 1.54) is 37.9 Å². The quantitative estimate of drug-likeness (QED) is 0.565. The van der Waals surface area contributed by atoms with Crippen molar-refractivity contribution in [2.75, 3.05) is 12.0 Å². The molecular formula is C9H16S. The first-order chi connectivity index (χ1) is 4.93. The molecule has 1 heteroatoms. The second-order valence-electron chi connectivity index (χ2n) is 2.85. The van der Waals surface area contributed by atoms with E-state index in [-0.39, 0.29) is 0 Å². The monoisotopic (exact) mass is 156 g/mol. The molecule has 0 saturated carbocycles. The van der Waals surface area contributed by atoms with Crippen LogP contribution in [-0.4, -0.2) is 12.0 Å². The molecule has 0 atom stereocenters. The molecule has 0 fully saturated rings. The summed E-state index contributed by atoms with van der Waals surface area (Å²) in [7, 11) is 0. The molecule has 0 heterocycles. The van der Waals surface area contributed by atoms with E-state index in [2.05, 4.69) is 12.3 Å². The van der Waals surface area contributed by atoms with Crippen molar-refractivity contribution in [2.24, 2.45) is 0 Å². The Morgan fingerprint density at radius 2 is 2.40 bits per heavy atom. The molecule has 0 unspecified atom stereocenters. The van der Waals surface area contributed by atoms with Gasteiger partial charge in [0.05, 0.1) is 0 Å². The lowest BCUT2D eigenvalue weighted by molar-refractivity contribution is 0.685. The minimum absolute atomic E-state index is 1.31. The Labute approximate surface area is 68.1 Å².